The van der Waals surface area contributed by atoms with Gasteiger partial charge in [-0.15, -0.1) is 0 Å². The van der Waals surface area contributed by atoms with Crippen LogP contribution in [0.25, 0.3) is 6.08 Å². The number of hydrogen-bond donors (Lipinski definition) is 0. The third-order valence-corrected chi connectivity index (χ3v) is 3.57. The van der Waals surface area contributed by atoms with Crippen LogP contribution < -0.4 is 0 Å². The van der Waals surface area contributed by atoms with Crippen molar-refractivity contribution in [1.82, 2.24) is 0 Å². The molecule has 0 spiro atoms. The van der Waals surface area contributed by atoms with E-state index in [1.807, 2.05) is 50.7 Å². The molecule has 0 N–H and O–H groups in total. The molecule has 2 aliphatic rings. The number of ketones is 2. The van der Waals surface area contributed by atoms with Gasteiger partial charge in [-0.2, -0.15) is 0 Å². The smallest absolute Gasteiger partial charge is 0.299 e. The van der Waals surface area contributed by atoms with E-state index in [0.717, 1.165) is 11.5 Å². The summed E-state index contributed by atoms with van der Waals surface area (Å²) >= 11 is 5.76. The fourth-order valence-corrected chi connectivity index (χ4v) is 2.11. The standard InChI is InChI=1S/C14H10ClO.C7H7O.Fe/c15-13-8-5-11(6-9-13)7-10-14(16)12-3-1-2-4-12;1-6(8)7-4-2-3-5-7;/h1-10H;2-5H,1H3;/q;;+2/b10-7+;;. The maximum atomic E-state index is 11.6. The van der Waals surface area contributed by atoms with Crippen molar-refractivity contribution in [2.75, 3.05) is 0 Å². The zero-order valence-corrected chi connectivity index (χ0v) is 15.5. The Morgan fingerprint density at radius 2 is 1.32 bits per heavy atom. The maximum absolute atomic E-state index is 11.6. The molecular weight excluding hydrogens is 376 g/mol. The second kappa shape index (κ2) is 11.7. The second-order valence-electron chi connectivity index (χ2n) is 5.15. The van der Waals surface area contributed by atoms with E-state index in [1.165, 1.54) is 0 Å². The average molecular weight is 393 g/mol. The fraction of sp³-hybridized carbons (Fsp3) is 0.0476. The summed E-state index contributed by atoms with van der Waals surface area (Å²) in [4.78, 5) is 22.1. The number of halogens is 1. The van der Waals surface area contributed by atoms with Crippen molar-refractivity contribution in [3.05, 3.63) is 104 Å². The molecule has 2 saturated carbocycles. The number of carbonyl (C=O) groups excluding carboxylic acids is 2. The van der Waals surface area contributed by atoms with E-state index in [-0.39, 0.29) is 28.6 Å². The van der Waals surface area contributed by atoms with Gasteiger partial charge in [-0.3, -0.25) is 9.59 Å². The van der Waals surface area contributed by atoms with Crippen LogP contribution in [-0.2, 0) is 26.7 Å². The van der Waals surface area contributed by atoms with E-state index < -0.39 is 0 Å². The normalized spacial score (nSPS) is 17.8. The first-order valence-electron chi connectivity index (χ1n) is 7.48. The van der Waals surface area contributed by atoms with Crippen molar-refractivity contribution in [3.63, 3.8) is 0 Å². The van der Waals surface area contributed by atoms with Crippen molar-refractivity contribution in [2.24, 2.45) is 0 Å². The van der Waals surface area contributed by atoms with E-state index in [2.05, 4.69) is 0 Å². The predicted molar refractivity (Wildman–Crippen MR) is 97.1 cm³/mol. The molecule has 0 heterocycles. The van der Waals surface area contributed by atoms with Crippen LogP contribution in [0, 0.1) is 63.2 Å². The number of Topliss-reactive ketones (excluding diaryl/α,β-unsaturated/α-hetero) is 1. The molecule has 4 heteroatoms. The molecule has 2 aliphatic carbocycles. The predicted octanol–water partition coefficient (Wildman–Crippen LogP) is 4.31. The number of allylic oxidation sites excluding steroid dienone is 1. The van der Waals surface area contributed by atoms with Crippen LogP contribution in [0.1, 0.15) is 12.5 Å². The van der Waals surface area contributed by atoms with Crippen LogP contribution in [0.2, 0.25) is 5.02 Å². The Hall–Kier alpha value is -0.891. The van der Waals surface area contributed by atoms with Gasteiger partial charge in [-0.1, -0.05) is 29.8 Å². The molecule has 10 radical (unpaired) electrons. The summed E-state index contributed by atoms with van der Waals surface area (Å²) in [7, 11) is 0. The van der Waals surface area contributed by atoms with Crippen LogP contribution in [0.3, 0.4) is 0 Å². The molecule has 0 saturated heterocycles. The molecule has 2 nitrogen and oxygen atoms in total. The topological polar surface area (TPSA) is 34.1 Å². The summed E-state index contributed by atoms with van der Waals surface area (Å²) in [5, 5.41) is 0.694. The van der Waals surface area contributed by atoms with E-state index in [9.17, 15) is 9.59 Å². The van der Waals surface area contributed by atoms with Gasteiger partial charge >= 0.3 is 17.1 Å². The Balaban J connectivity index is 0.000000295. The molecule has 126 valence electrons. The first-order chi connectivity index (χ1) is 11.6. The Kier molecular flexibility index (Phi) is 10.3. The summed E-state index contributed by atoms with van der Waals surface area (Å²) in [6.45, 7) is 1.56. The minimum Gasteiger partial charge on any atom is -0.299 e. The van der Waals surface area contributed by atoms with E-state index >= 15 is 0 Å². The van der Waals surface area contributed by atoms with Gasteiger partial charge in [0.05, 0.1) is 5.92 Å². The maximum Gasteiger partial charge on any atom is 2.00 e. The van der Waals surface area contributed by atoms with Crippen LogP contribution in [0.4, 0.5) is 0 Å². The Morgan fingerprint density at radius 1 is 0.840 bits per heavy atom. The Morgan fingerprint density at radius 3 is 1.76 bits per heavy atom. The summed E-state index contributed by atoms with van der Waals surface area (Å²) in [6, 6.07) is 7.34. The fourth-order valence-electron chi connectivity index (χ4n) is 1.99. The molecule has 25 heavy (non-hydrogen) atoms. The van der Waals surface area contributed by atoms with Crippen molar-refractivity contribution in [2.45, 2.75) is 6.92 Å². The van der Waals surface area contributed by atoms with Gasteiger partial charge < -0.3 is 0 Å². The van der Waals surface area contributed by atoms with Crippen molar-refractivity contribution >= 4 is 29.2 Å². The van der Waals surface area contributed by atoms with Crippen LogP contribution in [0.15, 0.2) is 30.3 Å². The van der Waals surface area contributed by atoms with E-state index in [4.69, 9.17) is 11.6 Å². The van der Waals surface area contributed by atoms with Crippen molar-refractivity contribution in [1.29, 1.82) is 0 Å². The number of carbonyl (C=O) groups is 2. The van der Waals surface area contributed by atoms with Gasteiger partial charge in [-0.25, -0.2) is 0 Å². The van der Waals surface area contributed by atoms with Crippen LogP contribution >= 0.6 is 11.6 Å². The quantitative estimate of drug-likeness (QED) is 0.565. The first-order valence-corrected chi connectivity index (χ1v) is 7.86. The molecule has 1 aromatic carbocycles. The Bertz CT molecular complexity index is 568. The van der Waals surface area contributed by atoms with Crippen molar-refractivity contribution < 1.29 is 26.7 Å². The first kappa shape index (κ1) is 22.2. The average Bonchev–Trinajstić information content (AvgIpc) is 3.28. The van der Waals surface area contributed by atoms with Gasteiger partial charge in [0.25, 0.3) is 0 Å². The number of hydrogen-bond acceptors (Lipinski definition) is 2. The summed E-state index contributed by atoms with van der Waals surface area (Å²) in [6.07, 6.45) is 18.0. The van der Waals surface area contributed by atoms with Gasteiger partial charge in [-0.05, 0) is 82.1 Å². The van der Waals surface area contributed by atoms with Gasteiger partial charge in [0, 0.05) is 10.9 Å². The van der Waals surface area contributed by atoms with E-state index in [0.29, 0.717) is 10.9 Å². The molecular formula is C21H17ClFeO2+2. The molecule has 0 aromatic heterocycles. The SMILES string of the molecule is CC(=O)[C]1[CH][CH][CH][CH]1.O=C(/C=C/c1ccc(Cl)cc1)[C]1[CH][CH][CH][CH]1.[Fe+2]. The largest absolute Gasteiger partial charge is 2.00 e. The molecule has 0 unspecified atom stereocenters. The van der Waals surface area contributed by atoms with Gasteiger partial charge in [0.2, 0.25) is 0 Å². The van der Waals surface area contributed by atoms with E-state index in [1.54, 1.807) is 44.1 Å². The molecule has 3 rings (SSSR count). The van der Waals surface area contributed by atoms with Crippen molar-refractivity contribution in [3.8, 4) is 0 Å². The van der Waals surface area contributed by atoms with Gasteiger partial charge in [0.1, 0.15) is 5.78 Å². The number of rotatable bonds is 4. The summed E-state index contributed by atoms with van der Waals surface area (Å²) in [5.41, 5.74) is 0.962. The second-order valence-corrected chi connectivity index (χ2v) is 5.59. The number of benzene rings is 1. The molecule has 0 atom stereocenters. The minimum atomic E-state index is 0. The summed E-state index contributed by atoms with van der Waals surface area (Å²) in [5.74, 6) is 1.66. The van der Waals surface area contributed by atoms with Crippen LogP contribution in [0.5, 0.6) is 0 Å². The third kappa shape index (κ3) is 7.90. The molecule has 0 amide bonds. The molecule has 0 bridgehead atoms. The monoisotopic (exact) mass is 392 g/mol. The zero-order valence-electron chi connectivity index (χ0n) is 13.6. The zero-order chi connectivity index (χ0) is 17.4. The Labute approximate surface area is 166 Å². The molecule has 0 aliphatic heterocycles. The minimum absolute atomic E-state index is 0. The molecule has 2 fully saturated rings. The molecule has 1 aromatic rings. The van der Waals surface area contributed by atoms with Crippen LogP contribution in [-0.4, -0.2) is 11.6 Å². The third-order valence-electron chi connectivity index (χ3n) is 3.31. The van der Waals surface area contributed by atoms with Gasteiger partial charge in [0.15, 0.2) is 5.78 Å². The summed E-state index contributed by atoms with van der Waals surface area (Å²) < 4.78 is 0.